The molecule has 13 heteroatoms. The zero-order chi connectivity index (χ0) is 26.3. The van der Waals surface area contributed by atoms with E-state index in [1.807, 2.05) is 0 Å². The maximum atomic E-state index is 13.2. The Kier molecular flexibility index (Phi) is 9.37. The highest BCUT2D eigenvalue weighted by Gasteiger charge is 2.32. The van der Waals surface area contributed by atoms with Gasteiger partial charge in [0, 0.05) is 32.2 Å². The number of benzene rings is 1. The summed E-state index contributed by atoms with van der Waals surface area (Å²) in [6, 6.07) is 3.25. The molecule has 5 N–H and O–H groups in total. The minimum atomic E-state index is -4.02. The van der Waals surface area contributed by atoms with Crippen LogP contribution < -0.4 is 25.2 Å². The van der Waals surface area contributed by atoms with Gasteiger partial charge >= 0.3 is 0 Å². The van der Waals surface area contributed by atoms with Gasteiger partial charge in [0.05, 0.1) is 25.7 Å². The molecule has 2 aliphatic rings. The lowest BCUT2D eigenvalue weighted by molar-refractivity contribution is -0.137. The first kappa shape index (κ1) is 27.5. The van der Waals surface area contributed by atoms with E-state index in [0.29, 0.717) is 51.2 Å². The van der Waals surface area contributed by atoms with Crippen LogP contribution in [-0.4, -0.2) is 89.0 Å². The van der Waals surface area contributed by atoms with Crippen LogP contribution in [0.2, 0.25) is 0 Å². The number of rotatable bonds is 9. The van der Waals surface area contributed by atoms with Crippen LogP contribution in [-0.2, 0) is 19.6 Å². The van der Waals surface area contributed by atoms with Gasteiger partial charge in [-0.3, -0.25) is 15.0 Å². The van der Waals surface area contributed by atoms with Crippen molar-refractivity contribution in [3.63, 3.8) is 0 Å². The van der Waals surface area contributed by atoms with Crippen LogP contribution in [0.3, 0.4) is 0 Å². The van der Waals surface area contributed by atoms with Crippen LogP contribution in [0.5, 0.6) is 11.5 Å². The van der Waals surface area contributed by atoms with Crippen LogP contribution in [0.25, 0.3) is 0 Å². The maximum Gasteiger partial charge on any atom is 0.241 e. The number of methoxy groups -OCH3 is 2. The number of sulfonamides is 1. The van der Waals surface area contributed by atoms with Crippen molar-refractivity contribution in [1.82, 2.24) is 19.8 Å². The van der Waals surface area contributed by atoms with Gasteiger partial charge in [0.1, 0.15) is 6.04 Å². The molecule has 0 aromatic heterocycles. The van der Waals surface area contributed by atoms with Gasteiger partial charge in [-0.2, -0.15) is 4.72 Å². The Morgan fingerprint density at radius 3 is 2.44 bits per heavy atom. The van der Waals surface area contributed by atoms with Gasteiger partial charge in [0.15, 0.2) is 17.5 Å². The average molecular weight is 525 g/mol. The molecule has 0 bridgehead atoms. The molecule has 2 heterocycles. The number of carbonyl (C=O) groups excluding carboxylic acids is 2. The lowest BCUT2D eigenvalue weighted by Crippen LogP contribution is -2.50. The van der Waals surface area contributed by atoms with Gasteiger partial charge < -0.3 is 30.3 Å². The van der Waals surface area contributed by atoms with Crippen LogP contribution in [0, 0.1) is 11.3 Å². The summed E-state index contributed by atoms with van der Waals surface area (Å²) in [4.78, 5) is 28.9. The van der Waals surface area contributed by atoms with Gasteiger partial charge in [-0.25, -0.2) is 8.42 Å². The maximum absolute atomic E-state index is 13.2. The Balaban J connectivity index is 1.57. The van der Waals surface area contributed by atoms with Gasteiger partial charge in [0.25, 0.3) is 0 Å². The summed E-state index contributed by atoms with van der Waals surface area (Å²) in [6.07, 6.45) is 3.32. The fraction of sp³-hybridized carbons (Fsp3) is 0.609. The van der Waals surface area contributed by atoms with Gasteiger partial charge in [-0.15, -0.1) is 0 Å². The number of ether oxygens (including phenoxy) is 2. The third-order valence-corrected chi connectivity index (χ3v) is 8.09. The van der Waals surface area contributed by atoms with E-state index in [9.17, 15) is 18.0 Å². The van der Waals surface area contributed by atoms with Crippen molar-refractivity contribution in [2.75, 3.05) is 46.9 Å². The van der Waals surface area contributed by atoms with Gasteiger partial charge in [-0.05, 0) is 50.2 Å². The van der Waals surface area contributed by atoms with Crippen molar-refractivity contribution < 1.29 is 27.5 Å². The summed E-state index contributed by atoms with van der Waals surface area (Å²) in [5.41, 5.74) is 5.52. The van der Waals surface area contributed by atoms with Crippen molar-refractivity contribution in [2.24, 2.45) is 11.7 Å². The van der Waals surface area contributed by atoms with Crippen LogP contribution in [0.1, 0.15) is 32.1 Å². The van der Waals surface area contributed by atoms with Gasteiger partial charge in [0.2, 0.25) is 21.8 Å². The predicted molar refractivity (Wildman–Crippen MR) is 133 cm³/mol. The molecule has 2 amide bonds. The normalized spacial score (nSPS) is 19.5. The second-order valence-corrected chi connectivity index (χ2v) is 10.8. The first-order valence-corrected chi connectivity index (χ1v) is 13.5. The number of carbonyl (C=O) groups is 2. The van der Waals surface area contributed by atoms with Crippen molar-refractivity contribution >= 4 is 27.8 Å². The molecule has 1 aromatic carbocycles. The number of likely N-dealkylation sites (tertiary alicyclic amines) is 2. The smallest absolute Gasteiger partial charge is 0.241 e. The highest BCUT2D eigenvalue weighted by Crippen LogP contribution is 2.29. The fourth-order valence-electron chi connectivity index (χ4n) is 4.48. The van der Waals surface area contributed by atoms with Crippen LogP contribution in [0.15, 0.2) is 23.1 Å². The Morgan fingerprint density at radius 1 is 1.11 bits per heavy atom. The van der Waals surface area contributed by atoms with Crippen LogP contribution in [0.4, 0.5) is 0 Å². The third-order valence-electron chi connectivity index (χ3n) is 6.62. The molecule has 0 spiro atoms. The van der Waals surface area contributed by atoms with E-state index in [-0.39, 0.29) is 35.0 Å². The van der Waals surface area contributed by atoms with E-state index in [1.165, 1.54) is 37.3 Å². The van der Waals surface area contributed by atoms with E-state index < -0.39 is 22.0 Å². The third kappa shape index (κ3) is 7.00. The zero-order valence-electron chi connectivity index (χ0n) is 20.8. The van der Waals surface area contributed by atoms with E-state index in [0.717, 1.165) is 12.8 Å². The Morgan fingerprint density at radius 2 is 1.81 bits per heavy atom. The molecule has 1 atom stereocenters. The molecule has 1 aromatic rings. The molecular weight excluding hydrogens is 488 g/mol. The van der Waals surface area contributed by atoms with Gasteiger partial charge in [-0.1, -0.05) is 0 Å². The van der Waals surface area contributed by atoms with Crippen molar-refractivity contribution in [2.45, 2.75) is 43.0 Å². The Bertz CT molecular complexity index is 1060. The molecule has 2 aliphatic heterocycles. The van der Waals surface area contributed by atoms with Crippen molar-refractivity contribution in [3.8, 4) is 11.5 Å². The number of hydrogen-bond acceptors (Lipinski definition) is 7. The lowest BCUT2D eigenvalue weighted by atomic mass is 9.97. The number of piperidine rings is 1. The highest BCUT2D eigenvalue weighted by atomic mass is 32.2. The minimum absolute atomic E-state index is 0.0442. The molecule has 12 nitrogen and oxygen atoms in total. The number of nitrogens with two attached hydrogens (primary N) is 1. The lowest BCUT2D eigenvalue weighted by Gasteiger charge is -2.32. The van der Waals surface area contributed by atoms with E-state index in [1.54, 1.807) is 4.90 Å². The first-order valence-electron chi connectivity index (χ1n) is 12.0. The predicted octanol–water partition coefficient (Wildman–Crippen LogP) is 0.0849. The molecule has 2 fully saturated rings. The topological polar surface area (TPSA) is 167 Å². The number of hydrogen-bond donors (Lipinski definition) is 4. The SMILES string of the molecule is COc1ccc(S(=O)(=O)N[C@H]2CCCCN(CC(=O)NCC3CCN(C(=N)N)CC3)C2=O)cc1OC. The van der Waals surface area contributed by atoms with Crippen molar-refractivity contribution in [1.29, 1.82) is 5.41 Å². The number of guanidine groups is 1. The summed E-state index contributed by atoms with van der Waals surface area (Å²) < 4.78 is 38.9. The average Bonchev–Trinajstić information content (AvgIpc) is 3.03. The number of nitrogens with one attached hydrogen (secondary N) is 3. The van der Waals surface area contributed by atoms with E-state index >= 15 is 0 Å². The number of amides is 2. The summed E-state index contributed by atoms with van der Waals surface area (Å²) in [5.74, 6) is 0.308. The molecule has 0 aliphatic carbocycles. The highest BCUT2D eigenvalue weighted by molar-refractivity contribution is 7.89. The largest absolute Gasteiger partial charge is 0.493 e. The summed E-state index contributed by atoms with van der Waals surface area (Å²) in [5, 5.41) is 10.4. The fourth-order valence-corrected chi connectivity index (χ4v) is 5.71. The molecule has 36 heavy (non-hydrogen) atoms. The Labute approximate surface area is 212 Å². The quantitative estimate of drug-likeness (QED) is 0.260. The second-order valence-electron chi connectivity index (χ2n) is 9.07. The molecule has 0 saturated carbocycles. The molecule has 200 valence electrons. The van der Waals surface area contributed by atoms with E-state index in [2.05, 4.69) is 10.0 Å². The summed E-state index contributed by atoms with van der Waals surface area (Å²) in [7, 11) is -1.15. The standard InChI is InChI=1S/C23H36N6O6S/c1-34-19-7-6-17(13-20(19)35-2)36(32,33)27-18-5-3-4-10-29(22(18)31)15-21(30)26-14-16-8-11-28(12-9-16)23(24)25/h6-7,13,16,18,27H,3-5,8-12,14-15H2,1-2H3,(H3,24,25)(H,26,30)/t18-/m0/s1. The Hall–Kier alpha value is -3.06. The molecule has 0 unspecified atom stereocenters. The zero-order valence-corrected chi connectivity index (χ0v) is 21.6. The molecule has 2 saturated heterocycles. The second kappa shape index (κ2) is 12.3. The molecule has 0 radical (unpaired) electrons. The number of nitrogens with zero attached hydrogens (tertiary/aromatic N) is 2. The van der Waals surface area contributed by atoms with Crippen LogP contribution >= 0.6 is 0 Å². The monoisotopic (exact) mass is 524 g/mol. The van der Waals surface area contributed by atoms with E-state index in [4.69, 9.17) is 20.6 Å². The first-order chi connectivity index (χ1) is 17.1. The molecule has 3 rings (SSSR count). The summed E-state index contributed by atoms with van der Waals surface area (Å²) >= 11 is 0. The van der Waals surface area contributed by atoms with Crippen molar-refractivity contribution in [3.05, 3.63) is 18.2 Å². The summed E-state index contributed by atoms with van der Waals surface area (Å²) in [6.45, 7) is 2.12. The minimum Gasteiger partial charge on any atom is -0.493 e. The molecular formula is C23H36N6O6S.